The van der Waals surface area contributed by atoms with E-state index in [0.29, 0.717) is 34.1 Å². The lowest BCUT2D eigenvalue weighted by molar-refractivity contribution is -0.385. The number of anilines is 1. The Bertz CT molecular complexity index is 1560. The predicted octanol–water partition coefficient (Wildman–Crippen LogP) is 7.61. The Labute approximate surface area is 244 Å². The number of nitro benzene ring substituents is 1. The van der Waals surface area contributed by atoms with Crippen LogP contribution in [0.4, 0.5) is 29.3 Å². The number of alkyl halides is 3. The lowest BCUT2D eigenvalue weighted by atomic mass is 10.1. The maximum absolute atomic E-state index is 13.1. The number of amides is 3. The monoisotopic (exact) mass is 699 g/mol. The third-order valence-electron chi connectivity index (χ3n) is 5.26. The number of carbonyl (C=O) groups is 3. The van der Waals surface area contributed by atoms with Crippen molar-refractivity contribution >= 4 is 78.1 Å². The lowest BCUT2D eigenvalue weighted by Crippen LogP contribution is -2.36. The first kappa shape index (κ1) is 29.3. The maximum atomic E-state index is 13.1. The second-order valence-corrected chi connectivity index (χ2v) is 10.9. The second kappa shape index (κ2) is 11.8. The summed E-state index contributed by atoms with van der Waals surface area (Å²) in [6, 6.07) is 12.9. The maximum Gasteiger partial charge on any atom is 0.416 e. The molecule has 4 rings (SSSR count). The molecule has 3 aromatic carbocycles. The van der Waals surface area contributed by atoms with Gasteiger partial charge in [-0.1, -0.05) is 31.9 Å². The summed E-state index contributed by atoms with van der Waals surface area (Å²) in [5, 5.41) is 13.3. The molecule has 0 radical (unpaired) electrons. The highest BCUT2D eigenvalue weighted by Crippen LogP contribution is 2.40. The predicted molar refractivity (Wildman–Crippen MR) is 148 cm³/mol. The van der Waals surface area contributed by atoms with Gasteiger partial charge in [-0.05, 0) is 72.4 Å². The van der Waals surface area contributed by atoms with Gasteiger partial charge in [0.2, 0.25) is 11.7 Å². The van der Waals surface area contributed by atoms with Crippen LogP contribution in [0, 0.1) is 10.1 Å². The summed E-state index contributed by atoms with van der Waals surface area (Å²) in [5.41, 5.74) is -1.49. The normalized spacial score (nSPS) is 14.5. The van der Waals surface area contributed by atoms with E-state index in [9.17, 15) is 37.7 Å². The quantitative estimate of drug-likeness (QED) is 0.153. The van der Waals surface area contributed by atoms with E-state index >= 15 is 0 Å². The van der Waals surface area contributed by atoms with E-state index < -0.39 is 51.7 Å². The number of thioether (sulfide) groups is 1. The molecule has 1 aliphatic rings. The van der Waals surface area contributed by atoms with Crippen LogP contribution in [0.5, 0.6) is 11.5 Å². The third-order valence-corrected chi connectivity index (χ3v) is 7.19. The van der Waals surface area contributed by atoms with E-state index in [4.69, 9.17) is 4.74 Å². The number of nitrogens with zero attached hydrogens (tertiary/aromatic N) is 2. The molecule has 0 unspecified atom stereocenters. The highest BCUT2D eigenvalue weighted by molar-refractivity contribution is 9.10. The first-order chi connectivity index (χ1) is 18.8. The van der Waals surface area contributed by atoms with Crippen molar-refractivity contribution in [2.45, 2.75) is 6.18 Å². The van der Waals surface area contributed by atoms with Crippen molar-refractivity contribution in [1.82, 2.24) is 4.90 Å². The number of hydrogen-bond acceptors (Lipinski definition) is 7. The van der Waals surface area contributed by atoms with Crippen molar-refractivity contribution < 1.29 is 37.2 Å². The molecular weight excluding hydrogens is 687 g/mol. The number of carbonyl (C=O) groups excluding carboxylic acids is 3. The summed E-state index contributed by atoms with van der Waals surface area (Å²) < 4.78 is 46.1. The van der Waals surface area contributed by atoms with Gasteiger partial charge < -0.3 is 10.1 Å². The SMILES string of the molecule is O=C(CN1C(=O)S/C(=C/c2cc(Br)ccc2Oc2ccc(C(F)(F)F)cc2[N+](=O)[O-])C1=O)Nc1ccc(Br)cc1. The van der Waals surface area contributed by atoms with Crippen molar-refractivity contribution in [1.29, 1.82) is 0 Å². The lowest BCUT2D eigenvalue weighted by Gasteiger charge is -2.13. The Balaban J connectivity index is 1.58. The van der Waals surface area contributed by atoms with Crippen LogP contribution < -0.4 is 10.1 Å². The molecule has 1 aliphatic heterocycles. The summed E-state index contributed by atoms with van der Waals surface area (Å²) in [6.45, 7) is -0.544. The van der Waals surface area contributed by atoms with Crippen molar-refractivity contribution in [2.75, 3.05) is 11.9 Å². The summed E-state index contributed by atoms with van der Waals surface area (Å²) in [5.74, 6) is -1.86. The molecule has 1 heterocycles. The van der Waals surface area contributed by atoms with Crippen LogP contribution in [0.15, 0.2) is 74.5 Å². The Hall–Kier alpha value is -3.69. The van der Waals surface area contributed by atoms with Crippen LogP contribution >= 0.6 is 43.6 Å². The number of nitro groups is 1. The van der Waals surface area contributed by atoms with E-state index in [2.05, 4.69) is 37.2 Å². The summed E-state index contributed by atoms with van der Waals surface area (Å²) >= 11 is 7.11. The molecule has 0 atom stereocenters. The van der Waals surface area contributed by atoms with Gasteiger partial charge >= 0.3 is 11.9 Å². The average molecular weight is 701 g/mol. The fourth-order valence-electron chi connectivity index (χ4n) is 3.42. The Morgan fingerprint density at radius 2 is 1.68 bits per heavy atom. The number of ether oxygens (including phenoxy) is 1. The number of nitrogens with one attached hydrogen (secondary N) is 1. The van der Waals surface area contributed by atoms with Gasteiger partial charge in [0.15, 0.2) is 0 Å². The molecule has 3 aromatic rings. The zero-order valence-corrected chi connectivity index (χ0v) is 23.7. The second-order valence-electron chi connectivity index (χ2n) is 8.04. The van der Waals surface area contributed by atoms with Gasteiger partial charge in [0.05, 0.1) is 15.4 Å². The molecule has 40 heavy (non-hydrogen) atoms. The molecule has 0 aromatic heterocycles. The largest absolute Gasteiger partial charge is 0.449 e. The van der Waals surface area contributed by atoms with Crippen LogP contribution in [0.25, 0.3) is 6.08 Å². The van der Waals surface area contributed by atoms with Crippen LogP contribution in [0.2, 0.25) is 0 Å². The minimum atomic E-state index is -4.80. The third kappa shape index (κ3) is 6.89. The van der Waals surface area contributed by atoms with Crippen molar-refractivity contribution in [3.05, 3.63) is 95.8 Å². The number of rotatable bonds is 7. The number of halogens is 5. The van der Waals surface area contributed by atoms with Gasteiger partial charge in [0.25, 0.3) is 11.1 Å². The summed E-state index contributed by atoms with van der Waals surface area (Å²) in [7, 11) is 0. The first-order valence-corrected chi connectivity index (χ1v) is 13.4. The van der Waals surface area contributed by atoms with Gasteiger partial charge in [-0.15, -0.1) is 0 Å². The smallest absolute Gasteiger partial charge is 0.416 e. The topological polar surface area (TPSA) is 119 Å². The molecule has 9 nitrogen and oxygen atoms in total. The molecule has 0 bridgehead atoms. The Kier molecular flexibility index (Phi) is 8.65. The van der Waals surface area contributed by atoms with Gasteiger partial charge in [0.1, 0.15) is 12.3 Å². The molecule has 0 saturated carbocycles. The van der Waals surface area contributed by atoms with Gasteiger partial charge in [-0.3, -0.25) is 29.4 Å². The minimum absolute atomic E-state index is 0.0363. The minimum Gasteiger partial charge on any atom is -0.449 e. The molecule has 1 fully saturated rings. The molecular formula is C25H14Br2F3N3O6S. The van der Waals surface area contributed by atoms with E-state index in [-0.39, 0.29) is 16.2 Å². The van der Waals surface area contributed by atoms with Gasteiger partial charge in [-0.2, -0.15) is 13.2 Å². The van der Waals surface area contributed by atoms with E-state index in [0.717, 1.165) is 15.4 Å². The molecule has 1 saturated heterocycles. The molecule has 206 valence electrons. The average Bonchev–Trinajstić information content (AvgIpc) is 3.13. The Morgan fingerprint density at radius 3 is 2.33 bits per heavy atom. The molecule has 0 spiro atoms. The van der Waals surface area contributed by atoms with Crippen molar-refractivity contribution in [3.8, 4) is 11.5 Å². The van der Waals surface area contributed by atoms with Crippen LogP contribution in [0.1, 0.15) is 11.1 Å². The van der Waals surface area contributed by atoms with E-state index in [1.807, 2.05) is 0 Å². The zero-order chi connectivity index (χ0) is 29.2. The highest BCUT2D eigenvalue weighted by Gasteiger charge is 2.37. The van der Waals surface area contributed by atoms with E-state index in [1.54, 1.807) is 24.3 Å². The number of hydrogen-bond donors (Lipinski definition) is 1. The van der Waals surface area contributed by atoms with Crippen molar-refractivity contribution in [3.63, 3.8) is 0 Å². The molecule has 1 N–H and O–H groups in total. The van der Waals surface area contributed by atoms with Crippen LogP contribution in [-0.4, -0.2) is 33.4 Å². The van der Waals surface area contributed by atoms with Crippen molar-refractivity contribution in [2.24, 2.45) is 0 Å². The zero-order valence-electron chi connectivity index (χ0n) is 19.7. The van der Waals surface area contributed by atoms with Gasteiger partial charge in [-0.25, -0.2) is 0 Å². The van der Waals surface area contributed by atoms with Crippen LogP contribution in [0.3, 0.4) is 0 Å². The summed E-state index contributed by atoms with van der Waals surface area (Å²) in [6.07, 6.45) is -3.52. The molecule has 15 heteroatoms. The Morgan fingerprint density at radius 1 is 1.02 bits per heavy atom. The molecule has 3 amide bonds. The highest BCUT2D eigenvalue weighted by atomic mass is 79.9. The standard InChI is InChI=1S/C25H14Br2F3N3O6S/c26-15-2-5-17(6-3-15)31-22(34)12-32-23(35)21(40-24(32)36)10-13-9-16(27)4-8-19(13)39-20-7-1-14(25(28,29)30)11-18(20)33(37)38/h1-11H,12H2,(H,31,34)/b21-10+. The number of benzene rings is 3. The summed E-state index contributed by atoms with van der Waals surface area (Å²) in [4.78, 5) is 49.1. The van der Waals surface area contributed by atoms with Gasteiger partial charge in [0, 0.05) is 26.3 Å². The first-order valence-electron chi connectivity index (χ1n) is 11.0. The van der Waals surface area contributed by atoms with E-state index in [1.165, 1.54) is 24.3 Å². The number of imide groups is 1. The molecule has 0 aliphatic carbocycles. The fraction of sp³-hybridized carbons (Fsp3) is 0.0800. The van der Waals surface area contributed by atoms with Crippen LogP contribution in [-0.2, 0) is 15.8 Å². The fourth-order valence-corrected chi connectivity index (χ4v) is 4.89.